The minimum atomic E-state index is -0.449. The summed E-state index contributed by atoms with van der Waals surface area (Å²) in [5.74, 6) is -0.257. The summed E-state index contributed by atoms with van der Waals surface area (Å²) in [6.07, 6.45) is 1.32. The number of Topliss-reactive ketones (excluding diaryl/α,β-unsaturated/α-hetero) is 1. The fourth-order valence-electron chi connectivity index (χ4n) is 1.87. The number of benzene rings is 1. The van der Waals surface area contributed by atoms with Gasteiger partial charge < -0.3 is 5.73 Å². The normalized spacial score (nSPS) is 21.0. The van der Waals surface area contributed by atoms with Gasteiger partial charge in [-0.25, -0.2) is 4.39 Å². The van der Waals surface area contributed by atoms with Gasteiger partial charge in [0, 0.05) is 10.9 Å². The zero-order valence-electron chi connectivity index (χ0n) is 8.09. The number of carbonyl (C=O) groups excluding carboxylic acids is 1. The van der Waals surface area contributed by atoms with Gasteiger partial charge in [0.15, 0.2) is 5.78 Å². The predicted molar refractivity (Wildman–Crippen MR) is 59.1 cm³/mol. The van der Waals surface area contributed by atoms with Crippen LogP contribution in [-0.4, -0.2) is 11.8 Å². The van der Waals surface area contributed by atoms with Crippen LogP contribution >= 0.6 is 15.9 Å². The van der Waals surface area contributed by atoms with E-state index in [0.717, 1.165) is 5.56 Å². The molecule has 80 valence electrons. The molecule has 1 atom stereocenters. The van der Waals surface area contributed by atoms with E-state index >= 15 is 0 Å². The van der Waals surface area contributed by atoms with Gasteiger partial charge in [-0.15, -0.1) is 0 Å². The Bertz CT molecular complexity index is 419. The lowest BCUT2D eigenvalue weighted by Crippen LogP contribution is -2.30. The third-order valence-corrected chi connectivity index (χ3v) is 3.19. The van der Waals surface area contributed by atoms with Crippen LogP contribution in [0, 0.1) is 5.82 Å². The van der Waals surface area contributed by atoms with Crippen LogP contribution in [0.4, 0.5) is 4.39 Å². The molecule has 0 amide bonds. The first-order chi connectivity index (χ1) is 7.08. The van der Waals surface area contributed by atoms with Crippen molar-refractivity contribution in [2.45, 2.75) is 25.3 Å². The summed E-state index contributed by atoms with van der Waals surface area (Å²) < 4.78 is 14.3. The van der Waals surface area contributed by atoms with Crippen molar-refractivity contribution in [3.05, 3.63) is 33.5 Å². The molecular weight excluding hydrogens is 261 g/mol. The molecule has 0 saturated heterocycles. The Morgan fingerprint density at radius 3 is 2.93 bits per heavy atom. The maximum Gasteiger partial charge on any atom is 0.153 e. The number of rotatable bonds is 0. The molecule has 0 fully saturated rings. The second-order valence-corrected chi connectivity index (χ2v) is 4.73. The third-order valence-electron chi connectivity index (χ3n) is 2.74. The standard InChI is InChI=1S/C11H11BrFNO/c12-7-3-6-4-11(15)10(14)2-1-8(6)9(13)5-7/h3,5,10H,1-2,4,14H2. The van der Waals surface area contributed by atoms with Crippen LogP contribution in [0.5, 0.6) is 0 Å². The van der Waals surface area contributed by atoms with Crippen LogP contribution in [0.1, 0.15) is 17.5 Å². The number of fused-ring (bicyclic) bond motifs is 1. The molecule has 1 aromatic carbocycles. The number of hydrogen-bond acceptors (Lipinski definition) is 2. The van der Waals surface area contributed by atoms with E-state index in [4.69, 9.17) is 5.73 Å². The Morgan fingerprint density at radius 2 is 2.20 bits per heavy atom. The first kappa shape index (κ1) is 10.8. The van der Waals surface area contributed by atoms with E-state index < -0.39 is 6.04 Å². The van der Waals surface area contributed by atoms with Gasteiger partial charge in [-0.3, -0.25) is 4.79 Å². The quantitative estimate of drug-likeness (QED) is 0.734. The van der Waals surface area contributed by atoms with Gasteiger partial charge >= 0.3 is 0 Å². The largest absolute Gasteiger partial charge is 0.321 e. The number of halogens is 2. The third kappa shape index (κ3) is 2.11. The Hall–Kier alpha value is -0.740. The fraction of sp³-hybridized carbons (Fsp3) is 0.364. The van der Waals surface area contributed by atoms with Crippen LogP contribution in [0.25, 0.3) is 0 Å². The van der Waals surface area contributed by atoms with Gasteiger partial charge in [0.2, 0.25) is 0 Å². The van der Waals surface area contributed by atoms with Gasteiger partial charge in [-0.1, -0.05) is 15.9 Å². The number of ketones is 1. The lowest BCUT2D eigenvalue weighted by molar-refractivity contribution is -0.119. The van der Waals surface area contributed by atoms with Crippen molar-refractivity contribution in [2.24, 2.45) is 5.73 Å². The highest BCUT2D eigenvalue weighted by molar-refractivity contribution is 9.10. The maximum atomic E-state index is 13.6. The summed E-state index contributed by atoms with van der Waals surface area (Å²) in [4.78, 5) is 11.5. The highest BCUT2D eigenvalue weighted by Crippen LogP contribution is 2.25. The molecule has 0 spiro atoms. The van der Waals surface area contributed by atoms with Crippen LogP contribution in [0.3, 0.4) is 0 Å². The Morgan fingerprint density at radius 1 is 1.47 bits per heavy atom. The minimum absolute atomic E-state index is 0.00810. The smallest absolute Gasteiger partial charge is 0.153 e. The summed E-state index contributed by atoms with van der Waals surface area (Å²) in [6, 6.07) is 2.78. The lowest BCUT2D eigenvalue weighted by Gasteiger charge is -2.06. The molecule has 2 nitrogen and oxygen atoms in total. The maximum absolute atomic E-state index is 13.6. The minimum Gasteiger partial charge on any atom is -0.321 e. The molecular formula is C11H11BrFNO. The molecule has 0 heterocycles. The van der Waals surface area contributed by atoms with E-state index in [1.165, 1.54) is 6.07 Å². The van der Waals surface area contributed by atoms with Crippen molar-refractivity contribution in [3.8, 4) is 0 Å². The van der Waals surface area contributed by atoms with E-state index in [2.05, 4.69) is 15.9 Å². The van der Waals surface area contributed by atoms with E-state index in [1.807, 2.05) is 0 Å². The zero-order chi connectivity index (χ0) is 11.0. The van der Waals surface area contributed by atoms with Crippen LogP contribution in [0.15, 0.2) is 16.6 Å². The van der Waals surface area contributed by atoms with Crippen LogP contribution in [0.2, 0.25) is 0 Å². The highest BCUT2D eigenvalue weighted by Gasteiger charge is 2.22. The first-order valence-corrected chi connectivity index (χ1v) is 5.62. The molecule has 0 bridgehead atoms. The molecule has 4 heteroatoms. The van der Waals surface area contributed by atoms with Gasteiger partial charge in [0.1, 0.15) is 5.82 Å². The van der Waals surface area contributed by atoms with Crippen molar-refractivity contribution >= 4 is 21.7 Å². The molecule has 2 rings (SSSR count). The zero-order valence-corrected chi connectivity index (χ0v) is 9.68. The second-order valence-electron chi connectivity index (χ2n) is 3.81. The number of hydrogen-bond donors (Lipinski definition) is 1. The first-order valence-electron chi connectivity index (χ1n) is 4.83. The summed E-state index contributed by atoms with van der Waals surface area (Å²) in [7, 11) is 0. The Labute approximate surface area is 95.8 Å². The molecule has 2 N–H and O–H groups in total. The van der Waals surface area contributed by atoms with E-state index in [9.17, 15) is 9.18 Å². The molecule has 1 aliphatic rings. The molecule has 1 unspecified atom stereocenters. The Balaban J connectivity index is 2.47. The average Bonchev–Trinajstić information content (AvgIpc) is 2.27. The number of nitrogens with two attached hydrogens (primary N) is 1. The molecule has 0 saturated carbocycles. The summed E-state index contributed by atoms with van der Waals surface area (Å²) in [5, 5.41) is 0. The van der Waals surface area contributed by atoms with Gasteiger partial charge in [0.05, 0.1) is 6.04 Å². The molecule has 0 radical (unpaired) electrons. The molecule has 1 aromatic rings. The van der Waals surface area contributed by atoms with Crippen molar-refractivity contribution in [2.75, 3.05) is 0 Å². The van der Waals surface area contributed by atoms with E-state index in [0.29, 0.717) is 22.9 Å². The Kier molecular flexibility index (Phi) is 2.89. The van der Waals surface area contributed by atoms with E-state index in [-0.39, 0.29) is 18.0 Å². The summed E-state index contributed by atoms with van der Waals surface area (Å²) in [6.45, 7) is 0. The van der Waals surface area contributed by atoms with Crippen molar-refractivity contribution < 1.29 is 9.18 Å². The van der Waals surface area contributed by atoms with Gasteiger partial charge in [0.25, 0.3) is 0 Å². The van der Waals surface area contributed by atoms with Crippen molar-refractivity contribution in [1.82, 2.24) is 0 Å². The topological polar surface area (TPSA) is 43.1 Å². The van der Waals surface area contributed by atoms with Crippen molar-refractivity contribution in [1.29, 1.82) is 0 Å². The lowest BCUT2D eigenvalue weighted by atomic mass is 10.0. The van der Waals surface area contributed by atoms with Crippen molar-refractivity contribution in [3.63, 3.8) is 0 Å². The van der Waals surface area contributed by atoms with E-state index in [1.54, 1.807) is 6.07 Å². The number of carbonyl (C=O) groups is 1. The monoisotopic (exact) mass is 271 g/mol. The summed E-state index contributed by atoms with van der Waals surface area (Å²) in [5.41, 5.74) is 7.06. The second kappa shape index (κ2) is 4.02. The van der Waals surface area contributed by atoms with Gasteiger partial charge in [-0.2, -0.15) is 0 Å². The molecule has 15 heavy (non-hydrogen) atoms. The SMILES string of the molecule is NC1CCc2c(F)cc(Br)cc2CC1=O. The highest BCUT2D eigenvalue weighted by atomic mass is 79.9. The van der Waals surface area contributed by atoms with Gasteiger partial charge in [-0.05, 0) is 36.1 Å². The van der Waals surface area contributed by atoms with Crippen LogP contribution < -0.4 is 5.73 Å². The van der Waals surface area contributed by atoms with Crippen LogP contribution in [-0.2, 0) is 17.6 Å². The molecule has 0 aliphatic heterocycles. The molecule has 0 aromatic heterocycles. The predicted octanol–water partition coefficient (Wildman–Crippen LogP) is 1.97. The molecule has 1 aliphatic carbocycles. The fourth-order valence-corrected chi connectivity index (χ4v) is 2.35. The summed E-state index contributed by atoms with van der Waals surface area (Å²) >= 11 is 3.22. The average molecular weight is 272 g/mol.